The molecule has 0 unspecified atom stereocenters. The number of nitrogens with zero attached hydrogens (tertiary/aromatic N) is 3. The number of rotatable bonds is 3. The highest BCUT2D eigenvalue weighted by molar-refractivity contribution is 5.93. The quantitative estimate of drug-likeness (QED) is 0.774. The molecule has 1 atom stereocenters. The summed E-state index contributed by atoms with van der Waals surface area (Å²) in [7, 11) is 0. The number of hydrogen-bond donors (Lipinski definition) is 2. The summed E-state index contributed by atoms with van der Waals surface area (Å²) in [5.74, 6) is 2.65. The Hall–Kier alpha value is -2.83. The molecule has 4 rings (SSSR count). The lowest BCUT2D eigenvalue weighted by Crippen LogP contribution is -2.39. The van der Waals surface area contributed by atoms with Gasteiger partial charge >= 0.3 is 0 Å². The highest BCUT2D eigenvalue weighted by Gasteiger charge is 2.28. The Morgan fingerprint density at radius 2 is 2.33 bits per heavy atom. The highest BCUT2D eigenvalue weighted by Crippen LogP contribution is 2.26. The number of piperidine rings is 1. The fraction of sp³-hybridized carbons (Fsp3) is 0.353. The molecule has 1 aliphatic rings. The fourth-order valence-corrected chi connectivity index (χ4v) is 3.18. The number of aryl methyl sites for hydroxylation is 1. The molecule has 4 heterocycles. The van der Waals surface area contributed by atoms with Crippen LogP contribution in [0.4, 0.5) is 0 Å². The standard InChI is InChI=1S/C17H19N5O2/c1-11-4-5-15(24-11)13-9-14(21-20-13)17(23)22-8-2-3-12(10-22)16-18-6-7-19-16/h4-7,9,12H,2-3,8,10H2,1H3,(H,18,19)(H,20,21)/t12-/m0/s1. The molecule has 0 bridgehead atoms. The number of furan rings is 1. The van der Waals surface area contributed by atoms with Crippen LogP contribution >= 0.6 is 0 Å². The largest absolute Gasteiger partial charge is 0.460 e. The summed E-state index contributed by atoms with van der Waals surface area (Å²) >= 11 is 0. The van der Waals surface area contributed by atoms with Gasteiger partial charge in [0.25, 0.3) is 5.91 Å². The molecule has 1 amide bonds. The number of imidazole rings is 1. The molecule has 0 saturated carbocycles. The van der Waals surface area contributed by atoms with E-state index >= 15 is 0 Å². The van der Waals surface area contributed by atoms with Crippen LogP contribution in [-0.4, -0.2) is 44.1 Å². The van der Waals surface area contributed by atoms with E-state index in [1.807, 2.05) is 30.2 Å². The van der Waals surface area contributed by atoms with E-state index < -0.39 is 0 Å². The van der Waals surface area contributed by atoms with Crippen molar-refractivity contribution in [2.45, 2.75) is 25.7 Å². The molecule has 2 N–H and O–H groups in total. The number of carbonyl (C=O) groups is 1. The molecule has 3 aromatic rings. The van der Waals surface area contributed by atoms with E-state index in [4.69, 9.17) is 4.42 Å². The smallest absolute Gasteiger partial charge is 0.274 e. The molecule has 3 aromatic heterocycles. The normalized spacial score (nSPS) is 18.0. The van der Waals surface area contributed by atoms with Gasteiger partial charge < -0.3 is 14.3 Å². The van der Waals surface area contributed by atoms with Crippen LogP contribution in [-0.2, 0) is 0 Å². The first kappa shape index (κ1) is 14.7. The Balaban J connectivity index is 1.50. The molecule has 0 aromatic carbocycles. The first-order valence-corrected chi connectivity index (χ1v) is 8.11. The van der Waals surface area contributed by atoms with Crippen LogP contribution in [0, 0.1) is 6.92 Å². The van der Waals surface area contributed by atoms with Gasteiger partial charge in [-0.3, -0.25) is 9.89 Å². The number of nitrogens with one attached hydrogen (secondary N) is 2. The fourth-order valence-electron chi connectivity index (χ4n) is 3.18. The van der Waals surface area contributed by atoms with E-state index in [0.29, 0.717) is 23.7 Å². The second kappa shape index (κ2) is 5.99. The van der Waals surface area contributed by atoms with Gasteiger partial charge in [0, 0.05) is 37.5 Å². The van der Waals surface area contributed by atoms with Gasteiger partial charge in [-0.25, -0.2) is 4.98 Å². The first-order valence-electron chi connectivity index (χ1n) is 8.11. The lowest BCUT2D eigenvalue weighted by Gasteiger charge is -2.31. The van der Waals surface area contributed by atoms with Gasteiger partial charge in [0.05, 0.1) is 0 Å². The Morgan fingerprint density at radius 1 is 1.42 bits per heavy atom. The van der Waals surface area contributed by atoms with Gasteiger partial charge in [-0.15, -0.1) is 0 Å². The van der Waals surface area contributed by atoms with E-state index in [2.05, 4.69) is 20.2 Å². The number of H-pyrrole nitrogens is 2. The molecular formula is C17H19N5O2. The van der Waals surface area contributed by atoms with Crippen molar-refractivity contribution >= 4 is 5.91 Å². The Bertz CT molecular complexity index is 833. The number of amides is 1. The summed E-state index contributed by atoms with van der Waals surface area (Å²) in [4.78, 5) is 22.1. The van der Waals surface area contributed by atoms with Crippen molar-refractivity contribution in [3.8, 4) is 11.5 Å². The highest BCUT2D eigenvalue weighted by atomic mass is 16.3. The van der Waals surface area contributed by atoms with E-state index in [-0.39, 0.29) is 11.8 Å². The number of carbonyl (C=O) groups excluding carboxylic acids is 1. The van der Waals surface area contributed by atoms with Crippen LogP contribution in [0.25, 0.3) is 11.5 Å². The summed E-state index contributed by atoms with van der Waals surface area (Å²) in [5.41, 5.74) is 1.13. The molecule has 1 saturated heterocycles. The minimum atomic E-state index is -0.0583. The van der Waals surface area contributed by atoms with Gasteiger partial charge in [0.1, 0.15) is 17.3 Å². The summed E-state index contributed by atoms with van der Waals surface area (Å²) in [5, 5.41) is 7.05. The SMILES string of the molecule is Cc1ccc(-c2cc(C(=O)N3CCC[C@H](c4ncc[nH]4)C3)n[nH]2)o1. The number of aromatic amines is 2. The van der Waals surface area contributed by atoms with Crippen molar-refractivity contribution in [2.24, 2.45) is 0 Å². The van der Waals surface area contributed by atoms with E-state index in [1.54, 1.807) is 12.3 Å². The van der Waals surface area contributed by atoms with Gasteiger partial charge in [-0.2, -0.15) is 5.10 Å². The van der Waals surface area contributed by atoms with Crippen LogP contribution in [0.1, 0.15) is 40.8 Å². The Kier molecular flexibility index (Phi) is 3.68. The zero-order valence-electron chi connectivity index (χ0n) is 13.5. The molecule has 0 spiro atoms. The maximum Gasteiger partial charge on any atom is 0.274 e. The van der Waals surface area contributed by atoms with Gasteiger partial charge in [0.15, 0.2) is 11.5 Å². The third-order valence-electron chi connectivity index (χ3n) is 4.42. The molecule has 24 heavy (non-hydrogen) atoms. The predicted octanol–water partition coefficient (Wildman–Crippen LogP) is 2.72. The molecule has 1 fully saturated rings. The maximum absolute atomic E-state index is 12.7. The maximum atomic E-state index is 12.7. The van der Waals surface area contributed by atoms with Crippen LogP contribution in [0.15, 0.2) is 35.0 Å². The lowest BCUT2D eigenvalue weighted by molar-refractivity contribution is 0.0699. The van der Waals surface area contributed by atoms with Crippen LogP contribution in [0.3, 0.4) is 0 Å². The zero-order valence-corrected chi connectivity index (χ0v) is 13.5. The Morgan fingerprint density at radius 3 is 3.08 bits per heavy atom. The molecule has 0 aliphatic carbocycles. The minimum absolute atomic E-state index is 0.0583. The number of aromatic nitrogens is 4. The van der Waals surface area contributed by atoms with Crippen LogP contribution in [0.2, 0.25) is 0 Å². The van der Waals surface area contributed by atoms with Gasteiger partial charge in [0.2, 0.25) is 0 Å². The zero-order chi connectivity index (χ0) is 16.5. The number of likely N-dealkylation sites (tertiary alicyclic amines) is 1. The number of hydrogen-bond acceptors (Lipinski definition) is 4. The Labute approximate surface area is 139 Å². The van der Waals surface area contributed by atoms with Gasteiger partial charge in [-0.1, -0.05) is 0 Å². The molecule has 0 radical (unpaired) electrons. The minimum Gasteiger partial charge on any atom is -0.460 e. The van der Waals surface area contributed by atoms with Crippen molar-refractivity contribution in [2.75, 3.05) is 13.1 Å². The summed E-state index contributed by atoms with van der Waals surface area (Å²) in [6, 6.07) is 5.50. The van der Waals surface area contributed by atoms with Gasteiger partial charge in [-0.05, 0) is 31.9 Å². The second-order valence-corrected chi connectivity index (χ2v) is 6.14. The van der Waals surface area contributed by atoms with Crippen LogP contribution < -0.4 is 0 Å². The monoisotopic (exact) mass is 325 g/mol. The summed E-state index contributed by atoms with van der Waals surface area (Å²) in [6.07, 6.45) is 5.57. The van der Waals surface area contributed by atoms with Crippen molar-refractivity contribution in [1.29, 1.82) is 0 Å². The summed E-state index contributed by atoms with van der Waals surface area (Å²) < 4.78 is 5.57. The van der Waals surface area contributed by atoms with Crippen molar-refractivity contribution in [3.63, 3.8) is 0 Å². The second-order valence-electron chi connectivity index (χ2n) is 6.14. The molecule has 124 valence electrons. The topological polar surface area (TPSA) is 90.8 Å². The average molecular weight is 325 g/mol. The molecule has 7 heteroatoms. The first-order chi connectivity index (χ1) is 11.7. The van der Waals surface area contributed by atoms with E-state index in [1.165, 1.54) is 0 Å². The predicted molar refractivity (Wildman–Crippen MR) is 87.5 cm³/mol. The third-order valence-corrected chi connectivity index (χ3v) is 4.42. The lowest BCUT2D eigenvalue weighted by atomic mass is 9.97. The van der Waals surface area contributed by atoms with Crippen molar-refractivity contribution in [1.82, 2.24) is 25.1 Å². The molecular weight excluding hydrogens is 306 g/mol. The molecule has 1 aliphatic heterocycles. The van der Waals surface area contributed by atoms with E-state index in [9.17, 15) is 4.79 Å². The summed E-state index contributed by atoms with van der Waals surface area (Å²) in [6.45, 7) is 3.29. The third kappa shape index (κ3) is 2.73. The van der Waals surface area contributed by atoms with Crippen molar-refractivity contribution in [3.05, 3.63) is 47.9 Å². The van der Waals surface area contributed by atoms with E-state index in [0.717, 1.165) is 31.0 Å². The van der Waals surface area contributed by atoms with Crippen LogP contribution in [0.5, 0.6) is 0 Å². The van der Waals surface area contributed by atoms with Crippen molar-refractivity contribution < 1.29 is 9.21 Å². The molecule has 7 nitrogen and oxygen atoms in total. The average Bonchev–Trinajstić information content (AvgIpc) is 3.35.